The summed E-state index contributed by atoms with van der Waals surface area (Å²) in [6.07, 6.45) is 0. The molecule has 0 bridgehead atoms. The van der Waals surface area contributed by atoms with Crippen molar-refractivity contribution in [3.8, 4) is 12.1 Å². The normalized spacial score (nSPS) is 12.9. The molecule has 0 N–H and O–H groups in total. The van der Waals surface area contributed by atoms with Crippen LogP contribution in [0, 0.1) is 70.7 Å². The van der Waals surface area contributed by atoms with Gasteiger partial charge in [-0.15, -0.1) is 0 Å². The van der Waals surface area contributed by atoms with Crippen molar-refractivity contribution >= 4 is 55.1 Å². The van der Waals surface area contributed by atoms with Crippen molar-refractivity contribution in [3.63, 3.8) is 0 Å². The summed E-state index contributed by atoms with van der Waals surface area (Å²) < 4.78 is 101. The van der Waals surface area contributed by atoms with Gasteiger partial charge in [0.2, 0.25) is 16.9 Å². The van der Waals surface area contributed by atoms with Crippen molar-refractivity contribution in [1.29, 1.82) is 10.5 Å². The summed E-state index contributed by atoms with van der Waals surface area (Å²) in [6, 6.07) is 2.77. The third-order valence-electron chi connectivity index (χ3n) is 5.17. The number of halogens is 6. The molecule has 0 fully saturated rings. The third-order valence-corrected chi connectivity index (χ3v) is 5.17. The van der Waals surface area contributed by atoms with Crippen LogP contribution in [0.4, 0.5) is 26.3 Å². The minimum Gasteiger partial charge on any atom is -0.443 e. The van der Waals surface area contributed by atoms with Gasteiger partial charge in [-0.25, -0.2) is 52.1 Å². The van der Waals surface area contributed by atoms with Crippen LogP contribution in [0.3, 0.4) is 0 Å². The lowest BCUT2D eigenvalue weighted by Gasteiger charge is -2.11. The monoisotopic (exact) mass is 494 g/mol. The Morgan fingerprint density at radius 2 is 1.06 bits per heavy atom. The molecular weight excluding hydrogens is 494 g/mol. The van der Waals surface area contributed by atoms with Crippen molar-refractivity contribution in [2.45, 2.75) is 0 Å². The second-order valence-electron chi connectivity index (χ2n) is 6.92. The molecule has 0 spiro atoms. The molecule has 0 aliphatic carbocycles. The summed E-state index contributed by atoms with van der Waals surface area (Å²) in [7, 11) is 0. The molecule has 2 heterocycles. The van der Waals surface area contributed by atoms with Crippen molar-refractivity contribution in [1.82, 2.24) is 9.97 Å². The van der Waals surface area contributed by atoms with Crippen LogP contribution in [0.5, 0.6) is 0 Å². The second kappa shape index (κ2) is 7.45. The molecule has 36 heavy (non-hydrogen) atoms. The lowest BCUT2D eigenvalue weighted by Crippen LogP contribution is -2.03. The van der Waals surface area contributed by atoms with E-state index in [2.05, 4.69) is 19.7 Å². The number of nitriles is 2. The zero-order valence-corrected chi connectivity index (χ0v) is 16.8. The van der Waals surface area contributed by atoms with Gasteiger partial charge >= 0.3 is 11.4 Å². The molecule has 3 aromatic carbocycles. The molecule has 0 radical (unpaired) electrons. The van der Waals surface area contributed by atoms with E-state index in [1.807, 2.05) is 0 Å². The Bertz CT molecular complexity index is 2140. The predicted molar refractivity (Wildman–Crippen MR) is 107 cm³/mol. The molecule has 0 aliphatic heterocycles. The minimum atomic E-state index is -2.11. The molecule has 0 amide bonds. The van der Waals surface area contributed by atoms with Crippen LogP contribution in [0.25, 0.3) is 64.8 Å². The first-order valence-electron chi connectivity index (χ1n) is 9.19. The van der Waals surface area contributed by atoms with Gasteiger partial charge in [0.05, 0.1) is 36.1 Å². The summed E-state index contributed by atoms with van der Waals surface area (Å²) in [5, 5.41) is 13.0. The lowest BCUT2D eigenvalue weighted by molar-refractivity contribution is 0.478. The molecule has 5 aromatic rings. The zero-order chi connectivity index (χ0) is 26.0. The van der Waals surface area contributed by atoms with Crippen LogP contribution >= 0.6 is 0 Å². The third kappa shape index (κ3) is 2.61. The average Bonchev–Trinajstić information content (AvgIpc) is 3.50. The second-order valence-corrected chi connectivity index (χ2v) is 6.92. The van der Waals surface area contributed by atoms with Gasteiger partial charge in [0.1, 0.15) is 11.0 Å². The molecule has 0 saturated heterocycles. The molecule has 8 nitrogen and oxygen atoms in total. The Labute approximate surface area is 192 Å². The smallest absolute Gasteiger partial charge is 0.322 e. The summed E-state index contributed by atoms with van der Waals surface area (Å²) in [5.74, 6) is -11.5. The van der Waals surface area contributed by atoms with Gasteiger partial charge in [-0.2, -0.15) is 4.39 Å². The zero-order valence-electron chi connectivity index (χ0n) is 16.8. The highest BCUT2D eigenvalue weighted by atomic mass is 19.2. The van der Waals surface area contributed by atoms with Gasteiger partial charge in [0.15, 0.2) is 40.3 Å². The van der Waals surface area contributed by atoms with Crippen molar-refractivity contribution in [2.24, 2.45) is 0 Å². The molecule has 2 aromatic heterocycles. The fraction of sp³-hybridized carbons (Fsp3) is 0. The summed E-state index contributed by atoms with van der Waals surface area (Å²) in [6.45, 7) is 13.9. The van der Waals surface area contributed by atoms with Crippen LogP contribution in [0.1, 0.15) is 0 Å². The highest BCUT2D eigenvalue weighted by Crippen LogP contribution is 2.42. The maximum absolute atomic E-state index is 15.7. The molecule has 5 rings (SSSR count). The van der Waals surface area contributed by atoms with E-state index < -0.39 is 101 Å². The van der Waals surface area contributed by atoms with E-state index >= 15 is 8.78 Å². The Kier molecular flexibility index (Phi) is 4.60. The summed E-state index contributed by atoms with van der Waals surface area (Å²) >= 11 is 0. The van der Waals surface area contributed by atoms with Gasteiger partial charge in [-0.3, -0.25) is 0 Å². The SMILES string of the molecule is [C-]#[N+]/C(C#N)=c1\nc2c(F)c3c(F)c(F)c4c(F)c(F)c5o/c(=C(\C#N)[N+]#[C-])nc5c4c3c(F)c2o1. The quantitative estimate of drug-likeness (QED) is 0.181. The first-order valence-corrected chi connectivity index (χ1v) is 9.19. The standard InChI is InChI=1S/C22F6N6O2/c1-31-5(3-29)21-33-17-8-7-9(11(23)12(24)10(8)13(25)16(28)20(17)36-21)14(26)18-19(15(7)27)35-22(34-18)6(4-30)32-2/b21-5+,22-6+. The maximum Gasteiger partial charge on any atom is 0.322 e. The lowest BCUT2D eigenvalue weighted by atomic mass is 9.97. The number of rotatable bonds is 0. The van der Waals surface area contributed by atoms with Gasteiger partial charge < -0.3 is 8.83 Å². The van der Waals surface area contributed by atoms with Crippen LogP contribution in [-0.2, 0) is 0 Å². The molecule has 0 aliphatic rings. The topological polar surface area (TPSA) is 108 Å². The van der Waals surface area contributed by atoms with Gasteiger partial charge in [-0.05, 0) is 0 Å². The van der Waals surface area contributed by atoms with Crippen molar-refractivity contribution < 1.29 is 35.2 Å². The first-order chi connectivity index (χ1) is 17.2. The highest BCUT2D eigenvalue weighted by molar-refractivity contribution is 6.21. The number of hydrogen-bond donors (Lipinski definition) is 0. The number of nitrogens with zero attached hydrogens (tertiary/aromatic N) is 6. The Morgan fingerprint density at radius 1 is 0.611 bits per heavy atom. The minimum absolute atomic E-state index is 0.819. The average molecular weight is 494 g/mol. The summed E-state index contributed by atoms with van der Waals surface area (Å²) in [5.41, 5.74) is -7.35. The molecule has 0 saturated carbocycles. The van der Waals surface area contributed by atoms with E-state index in [1.165, 1.54) is 12.1 Å². The number of fused-ring (bicyclic) bond motifs is 6. The number of benzene rings is 3. The maximum atomic E-state index is 15.7. The predicted octanol–water partition coefficient (Wildman–Crippen LogP) is 4.21. The van der Waals surface area contributed by atoms with E-state index in [-0.39, 0.29) is 0 Å². The molecule has 0 unspecified atom stereocenters. The fourth-order valence-corrected chi connectivity index (χ4v) is 3.70. The number of oxazole rings is 2. The van der Waals surface area contributed by atoms with Gasteiger partial charge in [0.25, 0.3) is 0 Å². The molecule has 0 atom stereocenters. The molecule has 14 heteroatoms. The van der Waals surface area contributed by atoms with E-state index in [0.29, 0.717) is 0 Å². The van der Waals surface area contributed by atoms with Crippen molar-refractivity contribution in [3.05, 3.63) is 68.8 Å². The van der Waals surface area contributed by atoms with Crippen LogP contribution in [0.15, 0.2) is 8.83 Å². The highest BCUT2D eigenvalue weighted by Gasteiger charge is 2.32. The first kappa shape index (κ1) is 22.2. The van der Waals surface area contributed by atoms with Crippen LogP contribution in [0.2, 0.25) is 0 Å². The van der Waals surface area contributed by atoms with E-state index in [0.717, 1.165) is 0 Å². The van der Waals surface area contributed by atoms with E-state index in [1.54, 1.807) is 0 Å². The largest absolute Gasteiger partial charge is 0.443 e. The van der Waals surface area contributed by atoms with Crippen LogP contribution < -0.4 is 11.1 Å². The Balaban J connectivity index is 2.21. The number of aromatic nitrogens is 2. The van der Waals surface area contributed by atoms with Crippen LogP contribution in [-0.4, -0.2) is 9.97 Å². The van der Waals surface area contributed by atoms with E-state index in [4.69, 9.17) is 32.5 Å². The van der Waals surface area contributed by atoms with Crippen molar-refractivity contribution in [2.75, 3.05) is 0 Å². The van der Waals surface area contributed by atoms with Gasteiger partial charge in [0, 0.05) is 10.8 Å². The Hall–Kier alpha value is -5.60. The molecule has 172 valence electrons. The fourth-order valence-electron chi connectivity index (χ4n) is 3.70. The Morgan fingerprint density at radius 3 is 1.56 bits per heavy atom. The van der Waals surface area contributed by atoms with Gasteiger partial charge in [-0.1, -0.05) is 0 Å². The molecular formula is C22F6N6O2. The van der Waals surface area contributed by atoms with E-state index in [9.17, 15) is 17.6 Å². The number of hydrogen-bond acceptors (Lipinski definition) is 6. The summed E-state index contributed by atoms with van der Waals surface area (Å²) in [4.78, 5) is 12.7.